The summed E-state index contributed by atoms with van der Waals surface area (Å²) < 4.78 is 4.90. The maximum absolute atomic E-state index is 11.9. The van der Waals surface area contributed by atoms with Crippen LogP contribution in [-0.2, 0) is 21.4 Å². The highest BCUT2D eigenvalue weighted by atomic mass is 16.5. The molecule has 0 radical (unpaired) electrons. The lowest BCUT2D eigenvalue weighted by molar-refractivity contribution is -0.151. The molecule has 0 aliphatic heterocycles. The van der Waals surface area contributed by atoms with Crippen molar-refractivity contribution in [1.29, 1.82) is 0 Å². The summed E-state index contributed by atoms with van der Waals surface area (Å²) in [5.74, 6) is 1.21. The molecule has 4 nitrogen and oxygen atoms in total. The van der Waals surface area contributed by atoms with Gasteiger partial charge in [0.2, 0.25) is 0 Å². The predicted molar refractivity (Wildman–Crippen MR) is 64.7 cm³/mol. The fourth-order valence-electron chi connectivity index (χ4n) is 2.41. The summed E-state index contributed by atoms with van der Waals surface area (Å²) in [6, 6.07) is 0. The summed E-state index contributed by atoms with van der Waals surface area (Å²) in [4.78, 5) is 19.5. The number of H-pyrrole nitrogens is 1. The molecule has 4 heteroatoms. The number of hydrogen-bond donors (Lipinski definition) is 1. The lowest BCUT2D eigenvalue weighted by Crippen LogP contribution is -2.44. The Morgan fingerprint density at radius 3 is 2.76 bits per heavy atom. The van der Waals surface area contributed by atoms with Crippen molar-refractivity contribution in [3.63, 3.8) is 0 Å². The minimum Gasteiger partial charge on any atom is -0.468 e. The number of imidazole rings is 1. The van der Waals surface area contributed by atoms with Gasteiger partial charge >= 0.3 is 5.97 Å². The third-order valence-electron chi connectivity index (χ3n) is 3.49. The van der Waals surface area contributed by atoms with E-state index in [1.807, 2.05) is 6.20 Å². The van der Waals surface area contributed by atoms with Gasteiger partial charge in [-0.25, -0.2) is 4.98 Å². The van der Waals surface area contributed by atoms with Gasteiger partial charge in [-0.3, -0.25) is 4.79 Å². The first-order valence-corrected chi connectivity index (χ1v) is 6.21. The van der Waals surface area contributed by atoms with Gasteiger partial charge in [-0.05, 0) is 25.2 Å². The van der Waals surface area contributed by atoms with E-state index in [1.165, 1.54) is 7.11 Å². The highest BCUT2D eigenvalue weighted by Crippen LogP contribution is 2.43. The van der Waals surface area contributed by atoms with E-state index in [9.17, 15) is 4.79 Å². The summed E-state index contributed by atoms with van der Waals surface area (Å²) in [6.45, 7) is 4.33. The third kappa shape index (κ3) is 2.08. The predicted octanol–water partition coefficient (Wildman–Crippen LogP) is 2.20. The van der Waals surface area contributed by atoms with E-state index in [0.717, 1.165) is 37.2 Å². The number of carbonyl (C=O) groups is 1. The van der Waals surface area contributed by atoms with E-state index >= 15 is 0 Å². The molecule has 0 amide bonds. The number of methoxy groups -OCH3 is 1. The second-order valence-corrected chi connectivity index (χ2v) is 5.28. The number of esters is 1. The first kappa shape index (κ1) is 12.1. The zero-order valence-electron chi connectivity index (χ0n) is 10.7. The van der Waals surface area contributed by atoms with E-state index in [0.29, 0.717) is 5.92 Å². The highest BCUT2D eigenvalue weighted by Gasteiger charge is 2.49. The molecule has 1 aromatic rings. The van der Waals surface area contributed by atoms with Crippen molar-refractivity contribution in [2.45, 2.75) is 44.9 Å². The zero-order valence-corrected chi connectivity index (χ0v) is 10.7. The van der Waals surface area contributed by atoms with Crippen LogP contribution in [0.2, 0.25) is 0 Å². The summed E-state index contributed by atoms with van der Waals surface area (Å²) in [5, 5.41) is 0. The number of aromatic nitrogens is 2. The summed E-state index contributed by atoms with van der Waals surface area (Å²) in [5.41, 5.74) is 0.606. The molecule has 1 aliphatic carbocycles. The second kappa shape index (κ2) is 4.51. The normalized spacial score (nSPS) is 17.9. The molecule has 1 heterocycles. The number of aromatic amines is 1. The first-order chi connectivity index (χ1) is 8.08. The Morgan fingerprint density at radius 2 is 2.29 bits per heavy atom. The Labute approximate surface area is 102 Å². The van der Waals surface area contributed by atoms with Gasteiger partial charge in [0.25, 0.3) is 0 Å². The lowest BCUT2D eigenvalue weighted by atomic mass is 9.68. The molecule has 17 heavy (non-hydrogen) atoms. The molecule has 0 bridgehead atoms. The van der Waals surface area contributed by atoms with Crippen LogP contribution in [0.1, 0.15) is 44.6 Å². The fourth-order valence-corrected chi connectivity index (χ4v) is 2.41. The third-order valence-corrected chi connectivity index (χ3v) is 3.49. The van der Waals surface area contributed by atoms with Crippen LogP contribution in [0, 0.1) is 5.92 Å². The number of nitrogens with one attached hydrogen (secondary N) is 1. The molecule has 0 unspecified atom stereocenters. The minimum atomic E-state index is -0.496. The monoisotopic (exact) mass is 236 g/mol. The van der Waals surface area contributed by atoms with Gasteiger partial charge < -0.3 is 9.72 Å². The van der Waals surface area contributed by atoms with Crippen LogP contribution in [0.15, 0.2) is 6.20 Å². The highest BCUT2D eigenvalue weighted by molar-refractivity contribution is 5.83. The molecule has 2 rings (SSSR count). The molecular weight excluding hydrogens is 216 g/mol. The molecule has 94 valence electrons. The van der Waals surface area contributed by atoms with Crippen LogP contribution in [0.3, 0.4) is 0 Å². The van der Waals surface area contributed by atoms with Gasteiger partial charge in [-0.1, -0.05) is 20.3 Å². The van der Waals surface area contributed by atoms with E-state index < -0.39 is 5.41 Å². The van der Waals surface area contributed by atoms with Crippen molar-refractivity contribution in [3.8, 4) is 0 Å². The molecule has 1 aromatic heterocycles. The maximum atomic E-state index is 11.9. The number of rotatable bonds is 4. The molecular formula is C13H20N2O2. The minimum absolute atomic E-state index is 0.158. The molecule has 1 N–H and O–H groups in total. The van der Waals surface area contributed by atoms with Crippen molar-refractivity contribution >= 4 is 5.97 Å². The average Bonchev–Trinajstić information content (AvgIpc) is 2.63. The standard InChI is InChI=1S/C13H20N2O2/c1-9(2)7-10-8-14-11(15-10)13(5-4-6-13)12(16)17-3/h8-9H,4-7H2,1-3H3,(H,14,15). The van der Waals surface area contributed by atoms with E-state index in [4.69, 9.17) is 4.74 Å². The zero-order chi connectivity index (χ0) is 12.5. The van der Waals surface area contributed by atoms with Gasteiger partial charge in [-0.2, -0.15) is 0 Å². The van der Waals surface area contributed by atoms with Gasteiger partial charge in [0.05, 0.1) is 7.11 Å². The molecule has 1 saturated carbocycles. The Kier molecular flexibility index (Phi) is 3.22. The molecule has 0 atom stereocenters. The Morgan fingerprint density at radius 1 is 1.59 bits per heavy atom. The summed E-state index contributed by atoms with van der Waals surface area (Å²) >= 11 is 0. The number of hydrogen-bond acceptors (Lipinski definition) is 3. The van der Waals surface area contributed by atoms with Gasteiger partial charge in [0.15, 0.2) is 0 Å². The molecule has 1 aliphatic rings. The van der Waals surface area contributed by atoms with Crippen molar-refractivity contribution in [3.05, 3.63) is 17.7 Å². The van der Waals surface area contributed by atoms with Crippen molar-refractivity contribution in [1.82, 2.24) is 9.97 Å². The molecule has 1 fully saturated rings. The van der Waals surface area contributed by atoms with Crippen LogP contribution in [0.5, 0.6) is 0 Å². The topological polar surface area (TPSA) is 55.0 Å². The number of carbonyl (C=O) groups excluding carboxylic acids is 1. The first-order valence-electron chi connectivity index (χ1n) is 6.21. The number of ether oxygens (including phenoxy) is 1. The van der Waals surface area contributed by atoms with Crippen LogP contribution in [0.25, 0.3) is 0 Å². The van der Waals surface area contributed by atoms with Crippen LogP contribution in [0.4, 0.5) is 0 Å². The van der Waals surface area contributed by atoms with Gasteiger partial charge in [-0.15, -0.1) is 0 Å². The Hall–Kier alpha value is -1.32. The second-order valence-electron chi connectivity index (χ2n) is 5.28. The molecule has 0 spiro atoms. The molecule has 0 saturated heterocycles. The van der Waals surface area contributed by atoms with Gasteiger partial charge in [0.1, 0.15) is 11.2 Å². The van der Waals surface area contributed by atoms with Crippen molar-refractivity contribution in [2.24, 2.45) is 5.92 Å². The Bertz CT molecular complexity index is 405. The SMILES string of the molecule is COC(=O)C1(c2ncc(CC(C)C)[nH]2)CCC1. The summed E-state index contributed by atoms with van der Waals surface area (Å²) in [7, 11) is 1.44. The smallest absolute Gasteiger partial charge is 0.319 e. The van der Waals surface area contributed by atoms with Crippen LogP contribution in [-0.4, -0.2) is 23.0 Å². The molecule has 0 aromatic carbocycles. The number of nitrogens with zero attached hydrogens (tertiary/aromatic N) is 1. The quantitative estimate of drug-likeness (QED) is 0.815. The van der Waals surface area contributed by atoms with E-state index in [1.54, 1.807) is 0 Å². The fraction of sp³-hybridized carbons (Fsp3) is 0.692. The van der Waals surface area contributed by atoms with E-state index in [2.05, 4.69) is 23.8 Å². The largest absolute Gasteiger partial charge is 0.468 e. The van der Waals surface area contributed by atoms with Crippen LogP contribution < -0.4 is 0 Å². The van der Waals surface area contributed by atoms with Crippen molar-refractivity contribution < 1.29 is 9.53 Å². The summed E-state index contributed by atoms with van der Waals surface area (Å²) in [6.07, 6.45) is 5.56. The van der Waals surface area contributed by atoms with Gasteiger partial charge in [0, 0.05) is 11.9 Å². The van der Waals surface area contributed by atoms with Crippen LogP contribution >= 0.6 is 0 Å². The Balaban J connectivity index is 2.20. The maximum Gasteiger partial charge on any atom is 0.319 e. The average molecular weight is 236 g/mol. The van der Waals surface area contributed by atoms with Crippen molar-refractivity contribution in [2.75, 3.05) is 7.11 Å². The van der Waals surface area contributed by atoms with E-state index in [-0.39, 0.29) is 5.97 Å². The lowest BCUT2D eigenvalue weighted by Gasteiger charge is -2.36.